The molecule has 0 aliphatic rings. The quantitative estimate of drug-likeness (QED) is 0.194. The lowest BCUT2D eigenvalue weighted by molar-refractivity contribution is -0.384. The monoisotopic (exact) mass is 495 g/mol. The minimum absolute atomic E-state index is 0.0447. The van der Waals surface area contributed by atoms with E-state index in [1.54, 1.807) is 24.3 Å². The minimum atomic E-state index is -0.494. The molecule has 0 unspecified atom stereocenters. The summed E-state index contributed by atoms with van der Waals surface area (Å²) in [7, 11) is 0. The van der Waals surface area contributed by atoms with Crippen LogP contribution in [-0.4, -0.2) is 31.3 Å². The van der Waals surface area contributed by atoms with Crippen molar-refractivity contribution in [2.45, 2.75) is 11.8 Å². The molecule has 0 aliphatic heterocycles. The third-order valence-electron chi connectivity index (χ3n) is 4.59. The average molecular weight is 496 g/mol. The number of hydrogen-bond acceptors (Lipinski definition) is 7. The number of ether oxygens (including phenoxy) is 1. The molecule has 1 N–H and O–H groups in total. The molecule has 1 aromatic heterocycles. The molecule has 0 saturated carbocycles. The molecule has 0 bridgehead atoms. The van der Waals surface area contributed by atoms with Crippen molar-refractivity contribution < 1.29 is 14.5 Å². The van der Waals surface area contributed by atoms with Crippen LogP contribution < -0.4 is 10.1 Å². The summed E-state index contributed by atoms with van der Waals surface area (Å²) in [6, 6.07) is 22.2. The van der Waals surface area contributed by atoms with Crippen LogP contribution in [0, 0.1) is 10.1 Å². The first kappa shape index (κ1) is 23.3. The number of nitrogens with one attached hydrogen (secondary N) is 1. The summed E-state index contributed by atoms with van der Waals surface area (Å²) in [6.45, 7) is 0.166. The average Bonchev–Trinajstić information content (AvgIpc) is 3.26. The normalized spacial score (nSPS) is 10.6. The van der Waals surface area contributed by atoms with Gasteiger partial charge in [0.15, 0.2) is 11.0 Å². The lowest BCUT2D eigenvalue weighted by Gasteiger charge is -2.11. The summed E-state index contributed by atoms with van der Waals surface area (Å²) >= 11 is 7.14. The van der Waals surface area contributed by atoms with Crippen LogP contribution in [0.5, 0.6) is 5.75 Å². The molecule has 4 aromatic rings. The van der Waals surface area contributed by atoms with Gasteiger partial charge in [0, 0.05) is 28.5 Å². The van der Waals surface area contributed by atoms with E-state index in [2.05, 4.69) is 15.5 Å². The third-order valence-corrected chi connectivity index (χ3v) is 5.77. The predicted molar refractivity (Wildman–Crippen MR) is 130 cm³/mol. The fraction of sp³-hybridized carbons (Fsp3) is 0.0870. The van der Waals surface area contributed by atoms with Gasteiger partial charge < -0.3 is 10.1 Å². The van der Waals surface area contributed by atoms with Gasteiger partial charge in [0.05, 0.1) is 10.7 Å². The smallest absolute Gasteiger partial charge is 0.269 e. The van der Waals surface area contributed by atoms with Gasteiger partial charge in [-0.05, 0) is 48.5 Å². The Labute approximate surface area is 203 Å². The number of nitrogens with zero attached hydrogens (tertiary/aromatic N) is 4. The summed E-state index contributed by atoms with van der Waals surface area (Å²) in [5.74, 6) is 1.00. The Morgan fingerprint density at radius 1 is 1.03 bits per heavy atom. The number of thioether (sulfide) groups is 1. The minimum Gasteiger partial charge on any atom is -0.486 e. The Morgan fingerprint density at radius 2 is 1.74 bits per heavy atom. The van der Waals surface area contributed by atoms with Crippen molar-refractivity contribution in [1.29, 1.82) is 0 Å². The van der Waals surface area contributed by atoms with Crippen molar-refractivity contribution in [3.05, 3.63) is 99.8 Å². The molecule has 3 aromatic carbocycles. The number of nitro benzene ring substituents is 1. The van der Waals surface area contributed by atoms with Gasteiger partial charge >= 0.3 is 0 Å². The summed E-state index contributed by atoms with van der Waals surface area (Å²) in [6.07, 6.45) is 0. The number of para-hydroxylation sites is 1. The Balaban J connectivity index is 1.45. The van der Waals surface area contributed by atoms with Crippen molar-refractivity contribution in [1.82, 2.24) is 14.8 Å². The van der Waals surface area contributed by atoms with Crippen LogP contribution in [0.4, 0.5) is 11.4 Å². The molecule has 172 valence electrons. The van der Waals surface area contributed by atoms with Gasteiger partial charge in [0.25, 0.3) is 5.69 Å². The Bertz CT molecular complexity index is 1280. The highest BCUT2D eigenvalue weighted by Crippen LogP contribution is 2.24. The molecule has 34 heavy (non-hydrogen) atoms. The van der Waals surface area contributed by atoms with Crippen LogP contribution in [0.2, 0.25) is 5.02 Å². The van der Waals surface area contributed by atoms with Gasteiger partial charge in [0.2, 0.25) is 5.91 Å². The van der Waals surface area contributed by atoms with Crippen molar-refractivity contribution >= 4 is 40.6 Å². The van der Waals surface area contributed by atoms with Crippen LogP contribution in [0.1, 0.15) is 5.82 Å². The van der Waals surface area contributed by atoms with E-state index in [0.717, 1.165) is 5.69 Å². The van der Waals surface area contributed by atoms with Crippen molar-refractivity contribution in [3.63, 3.8) is 0 Å². The summed E-state index contributed by atoms with van der Waals surface area (Å²) in [5.41, 5.74) is 1.26. The van der Waals surface area contributed by atoms with Crippen LogP contribution in [0.15, 0.2) is 84.0 Å². The molecule has 1 amide bonds. The van der Waals surface area contributed by atoms with E-state index in [0.29, 0.717) is 27.4 Å². The van der Waals surface area contributed by atoms with Crippen LogP contribution in [0.25, 0.3) is 5.69 Å². The van der Waals surface area contributed by atoms with E-state index >= 15 is 0 Å². The number of anilines is 1. The molecule has 11 heteroatoms. The zero-order valence-electron chi connectivity index (χ0n) is 17.6. The highest BCUT2D eigenvalue weighted by atomic mass is 35.5. The van der Waals surface area contributed by atoms with Gasteiger partial charge in [-0.25, -0.2) is 0 Å². The van der Waals surface area contributed by atoms with E-state index < -0.39 is 4.92 Å². The second-order valence-corrected chi connectivity index (χ2v) is 8.33. The fourth-order valence-corrected chi connectivity index (χ4v) is 3.89. The molecular weight excluding hydrogens is 478 g/mol. The summed E-state index contributed by atoms with van der Waals surface area (Å²) in [4.78, 5) is 22.7. The Morgan fingerprint density at radius 3 is 2.41 bits per heavy atom. The number of rotatable bonds is 9. The van der Waals surface area contributed by atoms with E-state index in [1.165, 1.54) is 36.0 Å². The Hall–Kier alpha value is -3.89. The zero-order valence-corrected chi connectivity index (χ0v) is 19.2. The number of benzene rings is 3. The summed E-state index contributed by atoms with van der Waals surface area (Å²) in [5, 5.41) is 23.1. The number of amides is 1. The molecular formula is C23H18ClN5O4S. The lowest BCUT2D eigenvalue weighted by Crippen LogP contribution is -2.14. The maximum atomic E-state index is 12.4. The van der Waals surface area contributed by atoms with Gasteiger partial charge in [-0.2, -0.15) is 0 Å². The largest absolute Gasteiger partial charge is 0.486 e. The van der Waals surface area contributed by atoms with E-state index in [1.807, 2.05) is 34.9 Å². The summed E-state index contributed by atoms with van der Waals surface area (Å²) < 4.78 is 7.67. The highest BCUT2D eigenvalue weighted by Gasteiger charge is 2.17. The zero-order chi connectivity index (χ0) is 23.9. The third kappa shape index (κ3) is 5.91. The topological polar surface area (TPSA) is 112 Å². The fourth-order valence-electron chi connectivity index (χ4n) is 3.00. The van der Waals surface area contributed by atoms with Crippen molar-refractivity contribution in [2.75, 3.05) is 11.1 Å². The first-order valence-corrected chi connectivity index (χ1v) is 11.4. The maximum absolute atomic E-state index is 12.4. The Kier molecular flexibility index (Phi) is 7.41. The standard InChI is InChI=1S/C23H18ClN5O4S/c24-16-6-12-20(13-7-16)33-14-21-26-27-23(28(21)18-4-2-1-3-5-18)34-15-22(30)25-17-8-10-19(11-9-17)29(31)32/h1-13H,14-15H2,(H,25,30). The first-order chi connectivity index (χ1) is 16.5. The van der Waals surface area contributed by atoms with Crippen molar-refractivity contribution in [2.24, 2.45) is 0 Å². The van der Waals surface area contributed by atoms with Gasteiger partial charge in [-0.15, -0.1) is 10.2 Å². The molecule has 0 saturated heterocycles. The van der Waals surface area contributed by atoms with Crippen LogP contribution >= 0.6 is 23.4 Å². The van der Waals surface area contributed by atoms with Gasteiger partial charge in [-0.3, -0.25) is 19.5 Å². The second-order valence-electron chi connectivity index (χ2n) is 6.95. The first-order valence-electron chi connectivity index (χ1n) is 10.0. The van der Waals surface area contributed by atoms with E-state index in [4.69, 9.17) is 16.3 Å². The van der Waals surface area contributed by atoms with Crippen LogP contribution in [0.3, 0.4) is 0 Å². The SMILES string of the molecule is O=C(CSc1nnc(COc2ccc(Cl)cc2)n1-c1ccccc1)Nc1ccc([N+](=O)[O-])cc1. The number of halogens is 1. The van der Waals surface area contributed by atoms with Gasteiger partial charge in [0.1, 0.15) is 12.4 Å². The molecule has 4 rings (SSSR count). The second kappa shape index (κ2) is 10.8. The number of non-ortho nitro benzene ring substituents is 1. The van der Waals surface area contributed by atoms with Crippen molar-refractivity contribution in [3.8, 4) is 11.4 Å². The van der Waals surface area contributed by atoms with E-state index in [-0.39, 0.29) is 24.0 Å². The lowest BCUT2D eigenvalue weighted by atomic mass is 10.3. The molecule has 0 fully saturated rings. The molecule has 0 aliphatic carbocycles. The number of carbonyl (C=O) groups excluding carboxylic acids is 1. The van der Waals surface area contributed by atoms with Gasteiger partial charge in [-0.1, -0.05) is 41.6 Å². The number of aromatic nitrogens is 3. The molecule has 1 heterocycles. The maximum Gasteiger partial charge on any atom is 0.269 e. The predicted octanol–water partition coefficient (Wildman–Crippen LogP) is 5.14. The van der Waals surface area contributed by atoms with E-state index in [9.17, 15) is 14.9 Å². The molecule has 0 spiro atoms. The number of nitro groups is 1. The molecule has 0 atom stereocenters. The number of hydrogen-bond donors (Lipinski definition) is 1. The molecule has 9 nitrogen and oxygen atoms in total. The highest BCUT2D eigenvalue weighted by molar-refractivity contribution is 7.99. The molecule has 0 radical (unpaired) electrons. The number of carbonyl (C=O) groups is 1. The van der Waals surface area contributed by atoms with Crippen LogP contribution in [-0.2, 0) is 11.4 Å².